The quantitative estimate of drug-likeness (QED) is 0.774. The molecule has 4 heteroatoms. The highest BCUT2D eigenvalue weighted by Crippen LogP contribution is 2.23. The molecule has 94 valence electrons. The molecule has 1 aliphatic carbocycles. The average Bonchev–Trinajstić information content (AvgIpc) is 2.70. The Hall–Kier alpha value is -1.81. The molecular formula is C14H16N2O2. The number of para-hydroxylation sites is 1. The van der Waals surface area contributed by atoms with Gasteiger partial charge in [0.15, 0.2) is 0 Å². The monoisotopic (exact) mass is 244 g/mol. The molecule has 18 heavy (non-hydrogen) atoms. The van der Waals surface area contributed by atoms with Gasteiger partial charge in [0, 0.05) is 24.2 Å². The molecule has 2 aromatic rings. The zero-order valence-electron chi connectivity index (χ0n) is 10.1. The predicted molar refractivity (Wildman–Crippen MR) is 69.7 cm³/mol. The van der Waals surface area contributed by atoms with E-state index in [-0.39, 0.29) is 0 Å². The predicted octanol–water partition coefficient (Wildman–Crippen LogP) is 2.51. The Bertz CT molecular complexity index is 584. The standard InChI is InChI=1S/C14H16N2O2/c17-14(18)12-6-2-5-11-9(8-16-13(11)12)7-15-10-3-1-4-10/h2,5-6,8,10,15-16H,1,3-4,7H2,(H,17,18). The summed E-state index contributed by atoms with van der Waals surface area (Å²) in [6.45, 7) is 0.799. The van der Waals surface area contributed by atoms with Gasteiger partial charge < -0.3 is 15.4 Å². The molecule has 0 radical (unpaired) electrons. The van der Waals surface area contributed by atoms with E-state index in [1.807, 2.05) is 12.3 Å². The molecule has 0 spiro atoms. The van der Waals surface area contributed by atoms with E-state index in [1.165, 1.54) is 19.3 Å². The van der Waals surface area contributed by atoms with Crippen molar-refractivity contribution >= 4 is 16.9 Å². The Morgan fingerprint density at radius 1 is 1.44 bits per heavy atom. The van der Waals surface area contributed by atoms with E-state index in [0.29, 0.717) is 11.6 Å². The average molecular weight is 244 g/mol. The van der Waals surface area contributed by atoms with E-state index in [9.17, 15) is 4.79 Å². The molecule has 0 amide bonds. The van der Waals surface area contributed by atoms with E-state index in [2.05, 4.69) is 10.3 Å². The van der Waals surface area contributed by atoms with Crippen molar-refractivity contribution in [3.63, 3.8) is 0 Å². The number of hydrogen-bond acceptors (Lipinski definition) is 2. The third-order valence-electron chi connectivity index (χ3n) is 3.72. The van der Waals surface area contributed by atoms with Crippen molar-refractivity contribution in [1.82, 2.24) is 10.3 Å². The number of aromatic nitrogens is 1. The Morgan fingerprint density at radius 2 is 2.28 bits per heavy atom. The molecule has 1 heterocycles. The Labute approximate surface area is 105 Å². The van der Waals surface area contributed by atoms with Gasteiger partial charge >= 0.3 is 5.97 Å². The molecule has 3 rings (SSSR count). The number of benzene rings is 1. The lowest BCUT2D eigenvalue weighted by atomic mass is 9.93. The van der Waals surface area contributed by atoms with Crippen molar-refractivity contribution in [2.24, 2.45) is 0 Å². The first kappa shape index (κ1) is 11.3. The molecule has 3 N–H and O–H groups in total. The van der Waals surface area contributed by atoms with Crippen molar-refractivity contribution in [1.29, 1.82) is 0 Å². The summed E-state index contributed by atoms with van der Waals surface area (Å²) < 4.78 is 0. The molecule has 0 aliphatic heterocycles. The zero-order valence-corrected chi connectivity index (χ0v) is 10.1. The SMILES string of the molecule is O=C(O)c1cccc2c(CNC3CCC3)c[nH]c12. The van der Waals surface area contributed by atoms with Crippen LogP contribution in [0, 0.1) is 0 Å². The fraction of sp³-hybridized carbons (Fsp3) is 0.357. The molecule has 0 atom stereocenters. The molecular weight excluding hydrogens is 228 g/mol. The second-order valence-electron chi connectivity index (χ2n) is 4.86. The highest BCUT2D eigenvalue weighted by atomic mass is 16.4. The molecule has 0 unspecified atom stereocenters. The number of rotatable bonds is 4. The molecule has 1 aromatic carbocycles. The number of aromatic amines is 1. The Balaban J connectivity index is 1.88. The minimum Gasteiger partial charge on any atom is -0.478 e. The van der Waals surface area contributed by atoms with Crippen molar-refractivity contribution in [3.05, 3.63) is 35.5 Å². The van der Waals surface area contributed by atoms with Gasteiger partial charge in [0.05, 0.1) is 11.1 Å². The molecule has 0 saturated heterocycles. The van der Waals surface area contributed by atoms with Crippen LogP contribution in [0.2, 0.25) is 0 Å². The van der Waals surface area contributed by atoms with E-state index in [1.54, 1.807) is 12.1 Å². The third kappa shape index (κ3) is 1.88. The van der Waals surface area contributed by atoms with E-state index >= 15 is 0 Å². The lowest BCUT2D eigenvalue weighted by molar-refractivity contribution is 0.0699. The maximum absolute atomic E-state index is 11.1. The zero-order chi connectivity index (χ0) is 12.5. The second-order valence-corrected chi connectivity index (χ2v) is 4.86. The van der Waals surface area contributed by atoms with Gasteiger partial charge in [-0.1, -0.05) is 18.6 Å². The highest BCUT2D eigenvalue weighted by Gasteiger charge is 2.17. The molecule has 1 fully saturated rings. The minimum absolute atomic E-state index is 0.336. The first-order valence-corrected chi connectivity index (χ1v) is 6.31. The summed E-state index contributed by atoms with van der Waals surface area (Å²) in [6, 6.07) is 6.03. The van der Waals surface area contributed by atoms with Gasteiger partial charge in [-0.05, 0) is 24.5 Å². The van der Waals surface area contributed by atoms with Gasteiger partial charge in [0.1, 0.15) is 0 Å². The van der Waals surface area contributed by atoms with Gasteiger partial charge in [-0.25, -0.2) is 4.79 Å². The summed E-state index contributed by atoms with van der Waals surface area (Å²) in [4.78, 5) is 14.2. The fourth-order valence-corrected chi connectivity index (χ4v) is 2.40. The largest absolute Gasteiger partial charge is 0.478 e. The topological polar surface area (TPSA) is 65.1 Å². The number of aromatic carboxylic acids is 1. The second kappa shape index (κ2) is 4.46. The van der Waals surface area contributed by atoms with E-state index in [0.717, 1.165) is 23.0 Å². The molecule has 4 nitrogen and oxygen atoms in total. The summed E-state index contributed by atoms with van der Waals surface area (Å²) in [6.07, 6.45) is 5.73. The number of H-pyrrole nitrogens is 1. The number of carboxylic acids is 1. The molecule has 1 aromatic heterocycles. The Kier molecular flexibility index (Phi) is 2.80. The first-order chi connectivity index (χ1) is 8.75. The van der Waals surface area contributed by atoms with E-state index in [4.69, 9.17) is 5.11 Å². The maximum Gasteiger partial charge on any atom is 0.337 e. The van der Waals surface area contributed by atoms with Crippen LogP contribution in [0.15, 0.2) is 24.4 Å². The van der Waals surface area contributed by atoms with Crippen molar-refractivity contribution in [2.45, 2.75) is 31.8 Å². The normalized spacial score (nSPS) is 15.8. The number of hydrogen-bond donors (Lipinski definition) is 3. The summed E-state index contributed by atoms with van der Waals surface area (Å²) in [5.41, 5.74) is 2.19. The van der Waals surface area contributed by atoms with Gasteiger partial charge in [0.2, 0.25) is 0 Å². The van der Waals surface area contributed by atoms with Crippen molar-refractivity contribution < 1.29 is 9.90 Å². The van der Waals surface area contributed by atoms with Crippen LogP contribution in [0.25, 0.3) is 10.9 Å². The molecule has 1 saturated carbocycles. The maximum atomic E-state index is 11.1. The lowest BCUT2D eigenvalue weighted by Crippen LogP contribution is -2.34. The summed E-state index contributed by atoms with van der Waals surface area (Å²) >= 11 is 0. The smallest absolute Gasteiger partial charge is 0.337 e. The molecule has 0 bridgehead atoms. The number of fused-ring (bicyclic) bond motifs is 1. The van der Waals surface area contributed by atoms with Crippen LogP contribution in [0.4, 0.5) is 0 Å². The Morgan fingerprint density at radius 3 is 2.94 bits per heavy atom. The van der Waals surface area contributed by atoms with Gasteiger partial charge in [0.25, 0.3) is 0 Å². The lowest BCUT2D eigenvalue weighted by Gasteiger charge is -2.26. The van der Waals surface area contributed by atoms with E-state index < -0.39 is 5.97 Å². The first-order valence-electron chi connectivity index (χ1n) is 6.31. The van der Waals surface area contributed by atoms with Crippen molar-refractivity contribution in [3.8, 4) is 0 Å². The summed E-state index contributed by atoms with van der Waals surface area (Å²) in [5, 5.41) is 13.6. The van der Waals surface area contributed by atoms with Crippen LogP contribution >= 0.6 is 0 Å². The van der Waals surface area contributed by atoms with Crippen LogP contribution in [-0.4, -0.2) is 22.1 Å². The fourth-order valence-electron chi connectivity index (χ4n) is 2.40. The minimum atomic E-state index is -0.888. The van der Waals surface area contributed by atoms with Crippen LogP contribution in [0.1, 0.15) is 35.2 Å². The van der Waals surface area contributed by atoms with Crippen LogP contribution in [0.3, 0.4) is 0 Å². The molecule has 1 aliphatic rings. The summed E-state index contributed by atoms with van der Waals surface area (Å²) in [7, 11) is 0. The number of carboxylic acid groups (broad SMARTS) is 1. The number of carbonyl (C=O) groups is 1. The highest BCUT2D eigenvalue weighted by molar-refractivity contribution is 6.02. The van der Waals surface area contributed by atoms with Gasteiger partial charge in [-0.3, -0.25) is 0 Å². The third-order valence-corrected chi connectivity index (χ3v) is 3.72. The van der Waals surface area contributed by atoms with Gasteiger partial charge in [-0.15, -0.1) is 0 Å². The van der Waals surface area contributed by atoms with Crippen molar-refractivity contribution in [2.75, 3.05) is 0 Å². The van der Waals surface area contributed by atoms with Gasteiger partial charge in [-0.2, -0.15) is 0 Å². The van der Waals surface area contributed by atoms with Crippen LogP contribution < -0.4 is 5.32 Å². The number of nitrogens with one attached hydrogen (secondary N) is 2. The summed E-state index contributed by atoms with van der Waals surface area (Å²) in [5.74, 6) is -0.888. The van der Waals surface area contributed by atoms with Crippen LogP contribution in [0.5, 0.6) is 0 Å². The van der Waals surface area contributed by atoms with Crippen LogP contribution in [-0.2, 0) is 6.54 Å².